The van der Waals surface area contributed by atoms with Crippen molar-refractivity contribution in [2.24, 2.45) is 17.8 Å². The van der Waals surface area contributed by atoms with Crippen LogP contribution in [0.5, 0.6) is 0 Å². The normalized spacial score (nSPS) is 30.4. The van der Waals surface area contributed by atoms with E-state index in [0.29, 0.717) is 0 Å². The second-order valence-corrected chi connectivity index (χ2v) is 6.76. The Bertz CT molecular complexity index is 335. The number of aromatic nitrogens is 1. The molecule has 4 heteroatoms. The molecule has 1 aromatic rings. The van der Waals surface area contributed by atoms with Gasteiger partial charge >= 0.3 is 0 Å². The smallest absolute Gasteiger partial charge is 0.183 e. The lowest BCUT2D eigenvalue weighted by Crippen LogP contribution is -2.04. The molecule has 1 heterocycles. The monoisotopic (exact) mass is 272 g/mol. The second kappa shape index (κ2) is 3.49. The molecule has 2 aliphatic carbocycles. The van der Waals surface area contributed by atoms with E-state index in [1.54, 1.807) is 11.3 Å². The summed E-state index contributed by atoms with van der Waals surface area (Å²) in [4.78, 5) is 4.26. The lowest BCUT2D eigenvalue weighted by atomic mass is 10.2. The van der Waals surface area contributed by atoms with Crippen molar-refractivity contribution in [2.45, 2.75) is 19.3 Å². The summed E-state index contributed by atoms with van der Waals surface area (Å²) in [6.45, 7) is 1.13. The van der Waals surface area contributed by atoms with Gasteiger partial charge in [0.1, 0.15) is 0 Å². The summed E-state index contributed by atoms with van der Waals surface area (Å²) in [5.41, 5.74) is 0. The first kappa shape index (κ1) is 9.16. The van der Waals surface area contributed by atoms with Gasteiger partial charge in [0.15, 0.2) is 5.13 Å². The van der Waals surface area contributed by atoms with Crippen LogP contribution in [-0.2, 0) is 0 Å². The molecule has 0 aliphatic heterocycles. The van der Waals surface area contributed by atoms with E-state index in [9.17, 15) is 0 Å². The number of rotatable bonds is 4. The summed E-state index contributed by atoms with van der Waals surface area (Å²) in [6, 6.07) is 0. The van der Waals surface area contributed by atoms with Gasteiger partial charge in [-0.2, -0.15) is 0 Å². The first-order valence-electron chi connectivity index (χ1n) is 5.18. The van der Waals surface area contributed by atoms with E-state index < -0.39 is 0 Å². The SMILES string of the molecule is Brc1cnc(NC[C@@H]2C[C@H]2C2CC2)s1. The van der Waals surface area contributed by atoms with Gasteiger partial charge < -0.3 is 5.32 Å². The minimum absolute atomic E-state index is 0.935. The predicted octanol–water partition coefficient (Wildman–Crippen LogP) is 3.36. The Hall–Kier alpha value is -0.0900. The van der Waals surface area contributed by atoms with Crippen LogP contribution in [0.4, 0.5) is 5.13 Å². The average Bonchev–Trinajstić information content (AvgIpc) is 3.03. The standard InChI is InChI=1S/C10H13BrN2S/c11-9-5-13-10(14-9)12-4-7-3-8(7)6-1-2-6/h5-8H,1-4H2,(H,12,13)/t7-,8-/m0/s1. The number of halogens is 1. The van der Waals surface area contributed by atoms with E-state index in [-0.39, 0.29) is 0 Å². The maximum atomic E-state index is 4.26. The molecule has 0 amide bonds. The topological polar surface area (TPSA) is 24.9 Å². The quantitative estimate of drug-likeness (QED) is 0.909. The van der Waals surface area contributed by atoms with Crippen LogP contribution in [0.15, 0.2) is 9.98 Å². The van der Waals surface area contributed by atoms with Gasteiger partial charge in [-0.05, 0) is 52.9 Å². The minimum atomic E-state index is 0.935. The Morgan fingerprint density at radius 1 is 1.57 bits per heavy atom. The van der Waals surface area contributed by atoms with E-state index in [4.69, 9.17) is 0 Å². The van der Waals surface area contributed by atoms with Crippen LogP contribution in [0.25, 0.3) is 0 Å². The van der Waals surface area contributed by atoms with Crippen molar-refractivity contribution >= 4 is 32.4 Å². The highest BCUT2D eigenvalue weighted by Crippen LogP contribution is 2.54. The Morgan fingerprint density at radius 3 is 3.07 bits per heavy atom. The average molecular weight is 273 g/mol. The summed E-state index contributed by atoms with van der Waals surface area (Å²) < 4.78 is 1.11. The van der Waals surface area contributed by atoms with E-state index in [2.05, 4.69) is 26.2 Å². The maximum Gasteiger partial charge on any atom is 0.183 e. The van der Waals surface area contributed by atoms with Gasteiger partial charge in [0.25, 0.3) is 0 Å². The zero-order chi connectivity index (χ0) is 9.54. The number of hydrogen-bond donors (Lipinski definition) is 1. The third-order valence-corrected chi connectivity index (χ3v) is 4.63. The molecule has 0 aromatic carbocycles. The van der Waals surface area contributed by atoms with E-state index in [1.165, 1.54) is 19.3 Å². The maximum absolute atomic E-state index is 4.26. The van der Waals surface area contributed by atoms with Crippen molar-refractivity contribution in [3.63, 3.8) is 0 Å². The Morgan fingerprint density at radius 2 is 2.43 bits per heavy atom. The lowest BCUT2D eigenvalue weighted by molar-refractivity contribution is 0.643. The van der Waals surface area contributed by atoms with Crippen molar-refractivity contribution < 1.29 is 0 Å². The van der Waals surface area contributed by atoms with Gasteiger partial charge in [-0.1, -0.05) is 11.3 Å². The first-order chi connectivity index (χ1) is 6.83. The van der Waals surface area contributed by atoms with Gasteiger partial charge in [0.05, 0.1) is 9.98 Å². The second-order valence-electron chi connectivity index (χ2n) is 4.35. The van der Waals surface area contributed by atoms with Crippen LogP contribution in [-0.4, -0.2) is 11.5 Å². The molecule has 1 N–H and O–H groups in total. The first-order valence-corrected chi connectivity index (χ1v) is 6.79. The number of thiazole rings is 1. The molecular weight excluding hydrogens is 260 g/mol. The molecule has 3 rings (SSSR count). The van der Waals surface area contributed by atoms with Crippen LogP contribution >= 0.6 is 27.3 Å². The molecule has 0 bridgehead atoms. The summed E-state index contributed by atoms with van der Waals surface area (Å²) in [5, 5.41) is 4.47. The summed E-state index contributed by atoms with van der Waals surface area (Å²) >= 11 is 5.09. The molecule has 1 aromatic heterocycles. The Kier molecular flexibility index (Phi) is 2.28. The zero-order valence-electron chi connectivity index (χ0n) is 7.87. The van der Waals surface area contributed by atoms with Gasteiger partial charge in [0.2, 0.25) is 0 Å². The van der Waals surface area contributed by atoms with Gasteiger partial charge in [-0.25, -0.2) is 4.98 Å². The van der Waals surface area contributed by atoms with Crippen molar-refractivity contribution in [1.29, 1.82) is 0 Å². The molecule has 14 heavy (non-hydrogen) atoms. The van der Waals surface area contributed by atoms with Crippen LogP contribution in [0, 0.1) is 17.8 Å². The molecule has 2 saturated carbocycles. The van der Waals surface area contributed by atoms with E-state index >= 15 is 0 Å². The molecule has 2 atom stereocenters. The van der Waals surface area contributed by atoms with E-state index in [0.717, 1.165) is 33.2 Å². The van der Waals surface area contributed by atoms with Crippen LogP contribution in [0.3, 0.4) is 0 Å². The van der Waals surface area contributed by atoms with Gasteiger partial charge in [0, 0.05) is 6.54 Å². The number of nitrogens with zero attached hydrogens (tertiary/aromatic N) is 1. The fraction of sp³-hybridized carbons (Fsp3) is 0.700. The number of nitrogens with one attached hydrogen (secondary N) is 1. The molecule has 0 saturated heterocycles. The number of anilines is 1. The summed E-state index contributed by atoms with van der Waals surface area (Å²) in [7, 11) is 0. The van der Waals surface area contributed by atoms with Crippen molar-refractivity contribution in [3.05, 3.63) is 9.98 Å². The molecule has 2 aliphatic rings. The predicted molar refractivity (Wildman–Crippen MR) is 62.6 cm³/mol. The molecule has 76 valence electrons. The van der Waals surface area contributed by atoms with Gasteiger partial charge in [-0.15, -0.1) is 0 Å². The molecule has 2 fully saturated rings. The Labute approximate surface area is 96.3 Å². The molecule has 0 unspecified atom stereocenters. The highest BCUT2D eigenvalue weighted by molar-refractivity contribution is 9.11. The van der Waals surface area contributed by atoms with Crippen molar-refractivity contribution in [3.8, 4) is 0 Å². The lowest BCUT2D eigenvalue weighted by Gasteiger charge is -2.00. The van der Waals surface area contributed by atoms with E-state index in [1.807, 2.05) is 6.20 Å². The van der Waals surface area contributed by atoms with Crippen molar-refractivity contribution in [1.82, 2.24) is 4.98 Å². The van der Waals surface area contributed by atoms with Gasteiger partial charge in [-0.3, -0.25) is 0 Å². The molecular formula is C10H13BrN2S. The van der Waals surface area contributed by atoms with Crippen LogP contribution in [0.2, 0.25) is 0 Å². The molecule has 2 nitrogen and oxygen atoms in total. The Balaban J connectivity index is 1.46. The third kappa shape index (κ3) is 1.96. The minimum Gasteiger partial charge on any atom is -0.361 e. The van der Waals surface area contributed by atoms with Crippen LogP contribution in [0.1, 0.15) is 19.3 Å². The molecule has 0 spiro atoms. The zero-order valence-corrected chi connectivity index (χ0v) is 10.3. The fourth-order valence-electron chi connectivity index (χ4n) is 2.16. The highest BCUT2D eigenvalue weighted by atomic mass is 79.9. The highest BCUT2D eigenvalue weighted by Gasteiger charge is 2.46. The summed E-state index contributed by atoms with van der Waals surface area (Å²) in [5.74, 6) is 3.07. The fourth-order valence-corrected chi connectivity index (χ4v) is 3.28. The summed E-state index contributed by atoms with van der Waals surface area (Å²) in [6.07, 6.45) is 6.29. The largest absolute Gasteiger partial charge is 0.361 e. The number of hydrogen-bond acceptors (Lipinski definition) is 3. The van der Waals surface area contributed by atoms with Crippen molar-refractivity contribution in [2.75, 3.05) is 11.9 Å². The third-order valence-electron chi connectivity index (χ3n) is 3.20. The van der Waals surface area contributed by atoms with Crippen LogP contribution < -0.4 is 5.32 Å². The molecule has 0 radical (unpaired) electrons.